The molecule has 5 amide bonds. The van der Waals surface area contributed by atoms with E-state index in [0.717, 1.165) is 56.1 Å². The number of aryl methyl sites for hydroxylation is 1. The summed E-state index contributed by atoms with van der Waals surface area (Å²) in [7, 11) is 0. The summed E-state index contributed by atoms with van der Waals surface area (Å²) in [5.74, 6) is -1.44. The zero-order valence-electron chi connectivity index (χ0n) is 24.0. The number of carbonyl (C=O) groups is 5. The molecule has 2 aliphatic rings. The molecule has 0 aliphatic carbocycles. The first-order valence-corrected chi connectivity index (χ1v) is 14.9. The number of unbranched alkanes of at least 4 members (excludes halogenated alkanes) is 7. The summed E-state index contributed by atoms with van der Waals surface area (Å²) in [5.41, 5.74) is 5.68. The van der Waals surface area contributed by atoms with Crippen LogP contribution in [0.1, 0.15) is 108 Å². The molecule has 0 saturated carbocycles. The first-order valence-electron chi connectivity index (χ1n) is 14.9. The SMILES string of the molecule is O=C(CCCCCCCCCCc1ccc(C(=O)NCc2ccc3c(c2)CN(C2CCC(=O)NC2=O)C3=O)cc1)NO. The van der Waals surface area contributed by atoms with Gasteiger partial charge in [0.15, 0.2) is 0 Å². The van der Waals surface area contributed by atoms with E-state index < -0.39 is 11.9 Å². The average Bonchev–Trinajstić information content (AvgIpc) is 3.32. The van der Waals surface area contributed by atoms with Crippen LogP contribution in [-0.2, 0) is 33.9 Å². The van der Waals surface area contributed by atoms with Crippen LogP contribution in [0.2, 0.25) is 0 Å². The fraction of sp³-hybridized carbons (Fsp3) is 0.469. The number of nitrogens with zero attached hydrogens (tertiary/aromatic N) is 1. The number of fused-ring (bicyclic) bond motifs is 1. The second kappa shape index (κ2) is 15.3. The maximum absolute atomic E-state index is 12.9. The molecule has 1 fully saturated rings. The number of carbonyl (C=O) groups excluding carboxylic acids is 5. The molecule has 0 radical (unpaired) electrons. The Balaban J connectivity index is 1.14. The van der Waals surface area contributed by atoms with Gasteiger partial charge in [0.25, 0.3) is 11.8 Å². The first-order chi connectivity index (χ1) is 20.4. The molecule has 2 aliphatic heterocycles. The summed E-state index contributed by atoms with van der Waals surface area (Å²) >= 11 is 0. The summed E-state index contributed by atoms with van der Waals surface area (Å²) in [6, 6.07) is 12.5. The molecule has 0 spiro atoms. The topological polar surface area (TPSA) is 145 Å². The molecule has 4 rings (SSSR count). The van der Waals surface area contributed by atoms with Gasteiger partial charge in [0.1, 0.15) is 6.04 Å². The molecule has 1 unspecified atom stereocenters. The average molecular weight is 577 g/mol. The van der Waals surface area contributed by atoms with Crippen molar-refractivity contribution >= 4 is 29.5 Å². The molecular formula is C32H40N4O6. The van der Waals surface area contributed by atoms with E-state index in [4.69, 9.17) is 5.21 Å². The van der Waals surface area contributed by atoms with Crippen molar-refractivity contribution in [1.29, 1.82) is 0 Å². The standard InChI is InChI=1S/C32H40N4O6/c37-28-18-17-27(31(40)34-28)36-21-25-19-23(13-16-26(25)32(36)41)20-33-30(39)24-14-11-22(12-15-24)9-7-5-3-1-2-4-6-8-10-29(38)35-42/h11-16,19,27,42H,1-10,17-18,20-21H2,(H,33,39)(H,35,38)(H,34,37,40). The highest BCUT2D eigenvalue weighted by Crippen LogP contribution is 2.28. The molecular weight excluding hydrogens is 536 g/mol. The largest absolute Gasteiger partial charge is 0.348 e. The van der Waals surface area contributed by atoms with Gasteiger partial charge in [0.2, 0.25) is 17.7 Å². The van der Waals surface area contributed by atoms with Gasteiger partial charge in [0.05, 0.1) is 0 Å². The molecule has 10 nitrogen and oxygen atoms in total. The van der Waals surface area contributed by atoms with Crippen LogP contribution in [0.4, 0.5) is 0 Å². The Morgan fingerprint density at radius 2 is 1.55 bits per heavy atom. The van der Waals surface area contributed by atoms with E-state index in [1.165, 1.54) is 23.3 Å². The Hall–Kier alpha value is -4.05. The number of hydroxylamine groups is 1. The quantitative estimate of drug-likeness (QED) is 0.109. The smallest absolute Gasteiger partial charge is 0.255 e. The van der Waals surface area contributed by atoms with Gasteiger partial charge in [-0.25, -0.2) is 5.48 Å². The lowest BCUT2D eigenvalue weighted by Crippen LogP contribution is -2.52. The predicted octanol–water partition coefficient (Wildman–Crippen LogP) is 3.94. The van der Waals surface area contributed by atoms with Crippen molar-refractivity contribution in [2.45, 2.75) is 96.2 Å². The molecule has 2 aromatic rings. The third kappa shape index (κ3) is 8.48. The van der Waals surface area contributed by atoms with Crippen LogP contribution in [-0.4, -0.2) is 45.7 Å². The van der Waals surface area contributed by atoms with Gasteiger partial charge in [-0.15, -0.1) is 0 Å². The first kappa shape index (κ1) is 30.9. The van der Waals surface area contributed by atoms with Crippen LogP contribution >= 0.6 is 0 Å². The maximum Gasteiger partial charge on any atom is 0.255 e. The van der Waals surface area contributed by atoms with Gasteiger partial charge in [0, 0.05) is 37.1 Å². The molecule has 0 aromatic heterocycles. The Morgan fingerprint density at radius 1 is 0.881 bits per heavy atom. The van der Waals surface area contributed by atoms with Crippen molar-refractivity contribution in [2.24, 2.45) is 0 Å². The van der Waals surface area contributed by atoms with E-state index >= 15 is 0 Å². The van der Waals surface area contributed by atoms with Crippen LogP contribution in [0.3, 0.4) is 0 Å². The molecule has 4 N–H and O–H groups in total. The van der Waals surface area contributed by atoms with Crippen molar-refractivity contribution in [1.82, 2.24) is 21.0 Å². The lowest BCUT2D eigenvalue weighted by atomic mass is 10.0. The Bertz CT molecular complexity index is 1290. The Kier molecular flexibility index (Phi) is 11.2. The highest BCUT2D eigenvalue weighted by Gasteiger charge is 2.39. The third-order valence-corrected chi connectivity index (χ3v) is 8.00. The van der Waals surface area contributed by atoms with Gasteiger partial charge in [-0.2, -0.15) is 0 Å². The number of hydrogen-bond donors (Lipinski definition) is 4. The van der Waals surface area contributed by atoms with E-state index in [9.17, 15) is 24.0 Å². The van der Waals surface area contributed by atoms with Crippen LogP contribution in [0.15, 0.2) is 42.5 Å². The summed E-state index contributed by atoms with van der Waals surface area (Å²) in [4.78, 5) is 61.8. The number of rotatable bonds is 15. The third-order valence-electron chi connectivity index (χ3n) is 8.00. The zero-order valence-corrected chi connectivity index (χ0v) is 24.0. The Labute approximate surface area is 246 Å². The van der Waals surface area contributed by atoms with E-state index in [2.05, 4.69) is 10.6 Å². The normalized spacial score (nSPS) is 16.3. The molecule has 224 valence electrons. The van der Waals surface area contributed by atoms with E-state index in [1.807, 2.05) is 36.4 Å². The monoisotopic (exact) mass is 576 g/mol. The lowest BCUT2D eigenvalue weighted by Gasteiger charge is -2.29. The number of amides is 5. The number of benzene rings is 2. The fourth-order valence-electron chi connectivity index (χ4n) is 5.58. The van der Waals surface area contributed by atoms with Crippen molar-refractivity contribution in [2.75, 3.05) is 0 Å². The number of nitrogens with one attached hydrogen (secondary N) is 3. The Morgan fingerprint density at radius 3 is 2.24 bits per heavy atom. The molecule has 2 heterocycles. The van der Waals surface area contributed by atoms with Gasteiger partial charge in [-0.05, 0) is 60.6 Å². The van der Waals surface area contributed by atoms with Crippen molar-refractivity contribution in [3.63, 3.8) is 0 Å². The van der Waals surface area contributed by atoms with Gasteiger partial charge < -0.3 is 10.2 Å². The predicted molar refractivity (Wildman–Crippen MR) is 155 cm³/mol. The van der Waals surface area contributed by atoms with Crippen LogP contribution < -0.4 is 16.1 Å². The minimum atomic E-state index is -0.648. The van der Waals surface area contributed by atoms with Gasteiger partial charge in [-0.1, -0.05) is 62.8 Å². The highest BCUT2D eigenvalue weighted by molar-refractivity contribution is 6.05. The number of piperidine rings is 1. The molecule has 2 aromatic carbocycles. The van der Waals surface area contributed by atoms with Crippen molar-refractivity contribution in [3.8, 4) is 0 Å². The van der Waals surface area contributed by atoms with Gasteiger partial charge >= 0.3 is 0 Å². The lowest BCUT2D eigenvalue weighted by molar-refractivity contribution is -0.137. The van der Waals surface area contributed by atoms with Gasteiger partial charge in [-0.3, -0.25) is 34.5 Å². The van der Waals surface area contributed by atoms with Crippen molar-refractivity contribution < 1.29 is 29.2 Å². The second-order valence-corrected chi connectivity index (χ2v) is 11.1. The summed E-state index contributed by atoms with van der Waals surface area (Å²) < 4.78 is 0. The van der Waals surface area contributed by atoms with Crippen LogP contribution in [0, 0.1) is 0 Å². The number of imide groups is 1. The molecule has 0 bridgehead atoms. The molecule has 1 atom stereocenters. The summed E-state index contributed by atoms with van der Waals surface area (Å²) in [6.07, 6.45) is 10.6. The van der Waals surface area contributed by atoms with Crippen LogP contribution in [0.25, 0.3) is 0 Å². The summed E-state index contributed by atoms with van der Waals surface area (Å²) in [6.45, 7) is 0.621. The summed E-state index contributed by atoms with van der Waals surface area (Å²) in [5, 5.41) is 13.7. The van der Waals surface area contributed by atoms with Crippen molar-refractivity contribution in [3.05, 3.63) is 70.3 Å². The molecule has 10 heteroatoms. The van der Waals surface area contributed by atoms with Crippen LogP contribution in [0.5, 0.6) is 0 Å². The highest BCUT2D eigenvalue weighted by atomic mass is 16.5. The minimum absolute atomic E-state index is 0.166. The van der Waals surface area contributed by atoms with E-state index in [0.29, 0.717) is 37.1 Å². The molecule has 1 saturated heterocycles. The second-order valence-electron chi connectivity index (χ2n) is 11.1. The maximum atomic E-state index is 12.9. The number of hydrogen-bond acceptors (Lipinski definition) is 6. The fourth-order valence-corrected chi connectivity index (χ4v) is 5.58. The van der Waals surface area contributed by atoms with E-state index in [1.54, 1.807) is 11.5 Å². The zero-order chi connectivity index (χ0) is 29.9. The molecule has 42 heavy (non-hydrogen) atoms. The minimum Gasteiger partial charge on any atom is -0.348 e. The van der Waals surface area contributed by atoms with E-state index in [-0.39, 0.29) is 30.0 Å².